The standard InChI is InChI=1S/C17H29N3O4/c1-24-17(23)14(10-12-7-8-19-15(12)21)20-16(22)13(18)9-11-5-3-2-4-6-11/h11-14H,2-10,18H2,1H3,(H,19,21)(H,20,22). The molecule has 7 nitrogen and oxygen atoms in total. The highest BCUT2D eigenvalue weighted by Crippen LogP contribution is 2.27. The quantitative estimate of drug-likeness (QED) is 0.584. The van der Waals surface area contributed by atoms with Crippen LogP contribution in [0.5, 0.6) is 0 Å². The number of ether oxygens (including phenoxy) is 1. The van der Waals surface area contributed by atoms with Crippen LogP contribution >= 0.6 is 0 Å². The third-order valence-corrected chi connectivity index (χ3v) is 5.13. The Morgan fingerprint density at radius 1 is 1.25 bits per heavy atom. The minimum Gasteiger partial charge on any atom is -0.467 e. The first-order chi connectivity index (χ1) is 11.5. The number of methoxy groups -OCH3 is 1. The van der Waals surface area contributed by atoms with Crippen molar-refractivity contribution in [3.63, 3.8) is 0 Å². The lowest BCUT2D eigenvalue weighted by Gasteiger charge is -2.25. The van der Waals surface area contributed by atoms with E-state index in [1.807, 2.05) is 0 Å². The summed E-state index contributed by atoms with van der Waals surface area (Å²) in [6.45, 7) is 0.604. The molecule has 0 bridgehead atoms. The van der Waals surface area contributed by atoms with Crippen LogP contribution in [-0.4, -0.2) is 43.5 Å². The molecule has 0 spiro atoms. The highest BCUT2D eigenvalue weighted by molar-refractivity contribution is 5.88. The Bertz CT molecular complexity index is 463. The highest BCUT2D eigenvalue weighted by Gasteiger charge is 2.33. The Labute approximate surface area is 143 Å². The summed E-state index contributed by atoms with van der Waals surface area (Å²) >= 11 is 0. The SMILES string of the molecule is COC(=O)C(CC1CCNC1=O)NC(=O)C(N)CC1CCCCC1. The van der Waals surface area contributed by atoms with Gasteiger partial charge in [0.1, 0.15) is 6.04 Å². The molecule has 1 aliphatic heterocycles. The van der Waals surface area contributed by atoms with Gasteiger partial charge in [0.25, 0.3) is 0 Å². The first-order valence-corrected chi connectivity index (χ1v) is 8.92. The first kappa shape index (κ1) is 18.7. The normalized spacial score (nSPS) is 24.1. The van der Waals surface area contributed by atoms with Crippen LogP contribution in [0.4, 0.5) is 0 Å². The fourth-order valence-corrected chi connectivity index (χ4v) is 3.68. The number of carbonyl (C=O) groups is 3. The number of esters is 1. The molecule has 1 saturated heterocycles. The fourth-order valence-electron chi connectivity index (χ4n) is 3.68. The first-order valence-electron chi connectivity index (χ1n) is 8.92. The van der Waals surface area contributed by atoms with E-state index in [1.54, 1.807) is 0 Å². The van der Waals surface area contributed by atoms with Crippen molar-refractivity contribution in [2.75, 3.05) is 13.7 Å². The summed E-state index contributed by atoms with van der Waals surface area (Å²) in [6, 6.07) is -1.45. The predicted octanol–water partition coefficient (Wildman–Crippen LogP) is 0.468. The predicted molar refractivity (Wildman–Crippen MR) is 88.8 cm³/mol. The second kappa shape index (κ2) is 9.01. The Hall–Kier alpha value is -1.63. The number of hydrogen-bond donors (Lipinski definition) is 3. The van der Waals surface area contributed by atoms with Crippen LogP contribution in [-0.2, 0) is 19.1 Å². The average molecular weight is 339 g/mol. The Balaban J connectivity index is 1.88. The molecule has 4 N–H and O–H groups in total. The van der Waals surface area contributed by atoms with Gasteiger partial charge in [-0.2, -0.15) is 0 Å². The van der Waals surface area contributed by atoms with Crippen molar-refractivity contribution in [3.8, 4) is 0 Å². The molecule has 2 amide bonds. The van der Waals surface area contributed by atoms with Gasteiger partial charge < -0.3 is 21.1 Å². The van der Waals surface area contributed by atoms with Gasteiger partial charge in [0.05, 0.1) is 13.2 Å². The van der Waals surface area contributed by atoms with Crippen molar-refractivity contribution in [1.29, 1.82) is 0 Å². The van der Waals surface area contributed by atoms with Gasteiger partial charge in [-0.1, -0.05) is 32.1 Å². The van der Waals surface area contributed by atoms with Crippen LogP contribution in [0.1, 0.15) is 51.4 Å². The summed E-state index contributed by atoms with van der Waals surface area (Å²) in [5.41, 5.74) is 6.03. The molecule has 2 rings (SSSR count). The van der Waals surface area contributed by atoms with E-state index in [0.717, 1.165) is 12.8 Å². The number of nitrogens with two attached hydrogens (primary N) is 1. The van der Waals surface area contributed by atoms with E-state index in [2.05, 4.69) is 10.6 Å². The zero-order valence-corrected chi connectivity index (χ0v) is 14.4. The molecule has 3 unspecified atom stereocenters. The highest BCUT2D eigenvalue weighted by atomic mass is 16.5. The molecule has 136 valence electrons. The van der Waals surface area contributed by atoms with Gasteiger partial charge in [0.15, 0.2) is 0 Å². The summed E-state index contributed by atoms with van der Waals surface area (Å²) < 4.78 is 4.76. The Morgan fingerprint density at radius 2 is 1.96 bits per heavy atom. The third kappa shape index (κ3) is 5.19. The molecule has 1 heterocycles. The van der Waals surface area contributed by atoms with Gasteiger partial charge >= 0.3 is 5.97 Å². The van der Waals surface area contributed by atoms with Gasteiger partial charge in [-0.25, -0.2) is 4.79 Å². The molecular weight excluding hydrogens is 310 g/mol. The fraction of sp³-hybridized carbons (Fsp3) is 0.824. The van der Waals surface area contributed by atoms with Crippen LogP contribution in [0.3, 0.4) is 0 Å². The number of carbonyl (C=O) groups excluding carboxylic acids is 3. The van der Waals surface area contributed by atoms with E-state index in [0.29, 0.717) is 25.3 Å². The Morgan fingerprint density at radius 3 is 2.54 bits per heavy atom. The van der Waals surface area contributed by atoms with Gasteiger partial charge in [0.2, 0.25) is 11.8 Å². The summed E-state index contributed by atoms with van der Waals surface area (Å²) in [4.78, 5) is 36.0. The topological polar surface area (TPSA) is 111 Å². The van der Waals surface area contributed by atoms with Crippen LogP contribution in [0.15, 0.2) is 0 Å². The monoisotopic (exact) mass is 339 g/mol. The molecule has 7 heteroatoms. The van der Waals surface area contributed by atoms with Crippen LogP contribution in [0, 0.1) is 11.8 Å². The lowest BCUT2D eigenvalue weighted by molar-refractivity contribution is -0.146. The maximum atomic E-state index is 12.4. The summed E-state index contributed by atoms with van der Waals surface area (Å²) in [5, 5.41) is 5.42. The lowest BCUT2D eigenvalue weighted by atomic mass is 9.85. The molecule has 3 atom stereocenters. The van der Waals surface area contributed by atoms with E-state index < -0.39 is 18.1 Å². The number of rotatable bonds is 7. The maximum absolute atomic E-state index is 12.4. The van der Waals surface area contributed by atoms with E-state index in [1.165, 1.54) is 26.4 Å². The van der Waals surface area contributed by atoms with E-state index >= 15 is 0 Å². The molecule has 0 aromatic carbocycles. The summed E-state index contributed by atoms with van der Waals surface area (Å²) in [5.74, 6) is -0.743. The number of hydrogen-bond acceptors (Lipinski definition) is 5. The minimum atomic E-state index is -0.825. The third-order valence-electron chi connectivity index (χ3n) is 5.13. The van der Waals surface area contributed by atoms with E-state index in [9.17, 15) is 14.4 Å². The zero-order chi connectivity index (χ0) is 17.5. The van der Waals surface area contributed by atoms with Crippen molar-refractivity contribution in [2.45, 2.75) is 63.5 Å². The molecule has 0 aromatic rings. The molecule has 0 radical (unpaired) electrons. The van der Waals surface area contributed by atoms with Crippen molar-refractivity contribution in [1.82, 2.24) is 10.6 Å². The number of nitrogens with one attached hydrogen (secondary N) is 2. The molecule has 1 aliphatic carbocycles. The van der Waals surface area contributed by atoms with E-state index in [4.69, 9.17) is 10.5 Å². The van der Waals surface area contributed by atoms with Gasteiger partial charge in [0, 0.05) is 12.5 Å². The lowest BCUT2D eigenvalue weighted by Crippen LogP contribution is -2.50. The molecule has 24 heavy (non-hydrogen) atoms. The van der Waals surface area contributed by atoms with Gasteiger partial charge in [-0.05, 0) is 25.2 Å². The summed E-state index contributed by atoms with van der Waals surface area (Å²) in [7, 11) is 1.28. The van der Waals surface area contributed by atoms with Crippen molar-refractivity contribution in [2.24, 2.45) is 17.6 Å². The zero-order valence-electron chi connectivity index (χ0n) is 14.4. The molecule has 0 aromatic heterocycles. The van der Waals surface area contributed by atoms with Crippen molar-refractivity contribution >= 4 is 17.8 Å². The van der Waals surface area contributed by atoms with Gasteiger partial charge in [-0.15, -0.1) is 0 Å². The number of amides is 2. The molecule has 1 saturated carbocycles. The van der Waals surface area contributed by atoms with Crippen molar-refractivity contribution < 1.29 is 19.1 Å². The maximum Gasteiger partial charge on any atom is 0.328 e. The summed E-state index contributed by atoms with van der Waals surface area (Å²) in [6.07, 6.45) is 7.43. The van der Waals surface area contributed by atoms with Crippen molar-refractivity contribution in [3.05, 3.63) is 0 Å². The minimum absolute atomic E-state index is 0.0790. The Kier molecular flexibility index (Phi) is 7.02. The van der Waals surface area contributed by atoms with Crippen LogP contribution in [0.2, 0.25) is 0 Å². The molecule has 2 fully saturated rings. The average Bonchev–Trinajstić information content (AvgIpc) is 2.99. The van der Waals surface area contributed by atoms with Crippen LogP contribution in [0.25, 0.3) is 0 Å². The second-order valence-corrected chi connectivity index (χ2v) is 6.94. The largest absolute Gasteiger partial charge is 0.467 e. The second-order valence-electron chi connectivity index (χ2n) is 6.94. The van der Waals surface area contributed by atoms with Gasteiger partial charge in [-0.3, -0.25) is 9.59 Å². The van der Waals surface area contributed by atoms with E-state index in [-0.39, 0.29) is 24.2 Å². The molecule has 2 aliphatic rings. The smallest absolute Gasteiger partial charge is 0.328 e. The molecular formula is C17H29N3O4. The van der Waals surface area contributed by atoms with Crippen LogP contribution < -0.4 is 16.4 Å².